The number of fused-ring (bicyclic) bond motifs is 1. The van der Waals surface area contributed by atoms with Crippen molar-refractivity contribution >= 4 is 5.65 Å². The van der Waals surface area contributed by atoms with E-state index >= 15 is 0 Å². The largest absolute Gasteiger partial charge is 0.384 e. The summed E-state index contributed by atoms with van der Waals surface area (Å²) in [6, 6.07) is 2.93. The van der Waals surface area contributed by atoms with Crippen molar-refractivity contribution in [2.45, 2.75) is 19.4 Å². The van der Waals surface area contributed by atoms with Gasteiger partial charge in [-0.1, -0.05) is 0 Å². The molecule has 0 unspecified atom stereocenters. The van der Waals surface area contributed by atoms with Crippen LogP contribution in [0.2, 0.25) is 0 Å². The molecular weight excluding hydrogens is 183 g/mol. The molecule has 0 atom stereocenters. The molecule has 14 heavy (non-hydrogen) atoms. The van der Waals surface area contributed by atoms with Crippen LogP contribution in [0.5, 0.6) is 0 Å². The van der Waals surface area contributed by atoms with Crippen molar-refractivity contribution in [2.24, 2.45) is 0 Å². The summed E-state index contributed by atoms with van der Waals surface area (Å²) < 4.78 is 14.8. The molecule has 0 radical (unpaired) electrons. The molecule has 0 spiro atoms. The van der Waals surface area contributed by atoms with Gasteiger partial charge in [-0.2, -0.15) is 0 Å². The zero-order chi connectivity index (χ0) is 10.3. The molecule has 0 bridgehead atoms. The quantitative estimate of drug-likeness (QED) is 0.750. The molecule has 2 aromatic rings. The number of hydrogen-bond acceptors (Lipinski definition) is 2. The van der Waals surface area contributed by atoms with Gasteiger partial charge < -0.3 is 5.11 Å². The number of hydrogen-bond donors (Lipinski definition) is 1. The van der Waals surface area contributed by atoms with Crippen molar-refractivity contribution in [1.29, 1.82) is 0 Å². The van der Waals surface area contributed by atoms with E-state index in [1.807, 2.05) is 0 Å². The summed E-state index contributed by atoms with van der Waals surface area (Å²) in [6.45, 7) is 3.28. The topological polar surface area (TPSA) is 37.5 Å². The van der Waals surface area contributed by atoms with Crippen LogP contribution in [0.15, 0.2) is 24.5 Å². The minimum absolute atomic E-state index is 0.240. The van der Waals surface area contributed by atoms with Gasteiger partial charge in [0.1, 0.15) is 5.60 Å². The van der Waals surface area contributed by atoms with Crippen LogP contribution in [-0.2, 0) is 5.60 Å². The molecule has 74 valence electrons. The maximum Gasteiger partial charge on any atom is 0.173 e. The Morgan fingerprint density at radius 3 is 2.86 bits per heavy atom. The standard InChI is InChI=1S/C10H11FN2O/c1-10(2,14)8-6-12-9-7(11)4-3-5-13(8)9/h3-6,14H,1-2H3. The molecule has 0 aliphatic carbocycles. The SMILES string of the molecule is CC(C)(O)c1cnc2c(F)cccn12. The molecule has 0 aliphatic rings. The highest BCUT2D eigenvalue weighted by atomic mass is 19.1. The van der Waals surface area contributed by atoms with Crippen LogP contribution in [-0.4, -0.2) is 14.5 Å². The summed E-state index contributed by atoms with van der Waals surface area (Å²) in [5.41, 5.74) is -0.204. The molecule has 2 heterocycles. The maximum atomic E-state index is 13.2. The Bertz CT molecular complexity index is 470. The number of imidazole rings is 1. The molecule has 0 saturated heterocycles. The van der Waals surface area contributed by atoms with E-state index in [0.29, 0.717) is 5.69 Å². The number of nitrogens with zero attached hydrogens (tertiary/aromatic N) is 2. The van der Waals surface area contributed by atoms with Crippen LogP contribution in [0.25, 0.3) is 5.65 Å². The molecule has 0 saturated carbocycles. The number of halogens is 1. The van der Waals surface area contributed by atoms with Gasteiger partial charge in [-0.25, -0.2) is 9.37 Å². The zero-order valence-corrected chi connectivity index (χ0v) is 8.03. The van der Waals surface area contributed by atoms with Crippen LogP contribution in [0, 0.1) is 5.82 Å². The minimum atomic E-state index is -1.02. The molecule has 3 nitrogen and oxygen atoms in total. The van der Waals surface area contributed by atoms with Crippen LogP contribution in [0.4, 0.5) is 4.39 Å². The summed E-state index contributed by atoms with van der Waals surface area (Å²) in [6.07, 6.45) is 3.16. The second kappa shape index (κ2) is 2.78. The predicted octanol–water partition coefficient (Wildman–Crippen LogP) is 1.70. The van der Waals surface area contributed by atoms with Gasteiger partial charge in [-0.3, -0.25) is 4.40 Å². The zero-order valence-electron chi connectivity index (χ0n) is 8.03. The van der Waals surface area contributed by atoms with E-state index in [-0.39, 0.29) is 11.5 Å². The average Bonchev–Trinajstić information content (AvgIpc) is 2.47. The predicted molar refractivity (Wildman–Crippen MR) is 50.4 cm³/mol. The highest BCUT2D eigenvalue weighted by molar-refractivity contribution is 5.42. The molecule has 2 rings (SSSR count). The van der Waals surface area contributed by atoms with Gasteiger partial charge in [-0.05, 0) is 26.0 Å². The van der Waals surface area contributed by atoms with Gasteiger partial charge in [0, 0.05) is 6.20 Å². The summed E-state index contributed by atoms with van der Waals surface area (Å²) in [4.78, 5) is 3.91. The van der Waals surface area contributed by atoms with Gasteiger partial charge in [0.25, 0.3) is 0 Å². The number of aromatic nitrogens is 2. The lowest BCUT2D eigenvalue weighted by Gasteiger charge is -2.16. The van der Waals surface area contributed by atoms with E-state index in [4.69, 9.17) is 0 Å². The normalized spacial score (nSPS) is 12.3. The molecule has 2 aromatic heterocycles. The van der Waals surface area contributed by atoms with Crippen molar-refractivity contribution in [3.05, 3.63) is 36.0 Å². The number of rotatable bonds is 1. The van der Waals surface area contributed by atoms with Crippen molar-refractivity contribution < 1.29 is 9.50 Å². The Balaban J connectivity index is 2.76. The fourth-order valence-corrected chi connectivity index (χ4v) is 1.43. The van der Waals surface area contributed by atoms with Crippen LogP contribution in [0.1, 0.15) is 19.5 Å². The van der Waals surface area contributed by atoms with E-state index in [9.17, 15) is 9.50 Å². The van der Waals surface area contributed by atoms with Crippen LogP contribution >= 0.6 is 0 Å². The fourth-order valence-electron chi connectivity index (χ4n) is 1.43. The minimum Gasteiger partial charge on any atom is -0.384 e. The third kappa shape index (κ3) is 1.28. The number of aliphatic hydroxyl groups is 1. The van der Waals surface area contributed by atoms with E-state index in [1.165, 1.54) is 12.3 Å². The monoisotopic (exact) mass is 194 g/mol. The van der Waals surface area contributed by atoms with Gasteiger partial charge in [0.15, 0.2) is 11.5 Å². The third-order valence-electron chi connectivity index (χ3n) is 2.11. The first-order valence-electron chi connectivity index (χ1n) is 4.34. The Kier molecular flexibility index (Phi) is 1.82. The molecular formula is C10H11FN2O. The van der Waals surface area contributed by atoms with E-state index in [2.05, 4.69) is 4.98 Å². The smallest absolute Gasteiger partial charge is 0.173 e. The average molecular weight is 194 g/mol. The Morgan fingerprint density at radius 1 is 1.50 bits per heavy atom. The molecule has 0 aromatic carbocycles. The van der Waals surface area contributed by atoms with E-state index in [0.717, 1.165) is 0 Å². The lowest BCUT2D eigenvalue weighted by atomic mass is 10.1. The van der Waals surface area contributed by atoms with Gasteiger partial charge >= 0.3 is 0 Å². The fraction of sp³-hybridized carbons (Fsp3) is 0.300. The van der Waals surface area contributed by atoms with Crippen LogP contribution in [0.3, 0.4) is 0 Å². The van der Waals surface area contributed by atoms with E-state index < -0.39 is 5.60 Å². The lowest BCUT2D eigenvalue weighted by molar-refractivity contribution is 0.0729. The second-order valence-corrected chi connectivity index (χ2v) is 3.75. The Labute approximate surface area is 80.8 Å². The van der Waals surface area contributed by atoms with Crippen molar-refractivity contribution in [3.8, 4) is 0 Å². The highest BCUT2D eigenvalue weighted by Crippen LogP contribution is 2.21. The summed E-state index contributed by atoms with van der Waals surface area (Å²) >= 11 is 0. The Morgan fingerprint density at radius 2 is 2.21 bits per heavy atom. The molecule has 0 fully saturated rings. The van der Waals surface area contributed by atoms with E-state index in [1.54, 1.807) is 30.5 Å². The van der Waals surface area contributed by atoms with Gasteiger partial charge in [0.05, 0.1) is 11.9 Å². The first-order valence-corrected chi connectivity index (χ1v) is 4.34. The van der Waals surface area contributed by atoms with Crippen molar-refractivity contribution in [3.63, 3.8) is 0 Å². The van der Waals surface area contributed by atoms with Crippen molar-refractivity contribution in [2.75, 3.05) is 0 Å². The first-order chi connectivity index (χ1) is 6.50. The highest BCUT2D eigenvalue weighted by Gasteiger charge is 2.21. The molecule has 0 aliphatic heterocycles. The van der Waals surface area contributed by atoms with Crippen molar-refractivity contribution in [1.82, 2.24) is 9.38 Å². The maximum absolute atomic E-state index is 13.2. The lowest BCUT2D eigenvalue weighted by Crippen LogP contribution is -2.17. The summed E-state index contributed by atoms with van der Waals surface area (Å²) in [5, 5.41) is 9.78. The molecule has 4 heteroatoms. The molecule has 1 N–H and O–H groups in total. The Hall–Kier alpha value is -1.42. The van der Waals surface area contributed by atoms with Gasteiger partial charge in [-0.15, -0.1) is 0 Å². The summed E-state index contributed by atoms with van der Waals surface area (Å²) in [5.74, 6) is -0.386. The van der Waals surface area contributed by atoms with Gasteiger partial charge in [0.2, 0.25) is 0 Å². The summed E-state index contributed by atoms with van der Waals surface area (Å²) in [7, 11) is 0. The molecule has 0 amide bonds. The second-order valence-electron chi connectivity index (χ2n) is 3.75. The first kappa shape index (κ1) is 9.15. The third-order valence-corrected chi connectivity index (χ3v) is 2.11. The number of pyridine rings is 1. The van der Waals surface area contributed by atoms with Crippen LogP contribution < -0.4 is 0 Å².